The van der Waals surface area contributed by atoms with Crippen molar-refractivity contribution in [2.75, 3.05) is 13.1 Å². The van der Waals surface area contributed by atoms with Crippen molar-refractivity contribution < 1.29 is 0 Å². The smallest absolute Gasteiger partial charge is 0.0334 e. The van der Waals surface area contributed by atoms with Crippen molar-refractivity contribution in [2.24, 2.45) is 11.7 Å². The molecule has 88 valence electrons. The van der Waals surface area contributed by atoms with Crippen molar-refractivity contribution >= 4 is 0 Å². The van der Waals surface area contributed by atoms with Crippen LogP contribution < -0.4 is 5.73 Å². The van der Waals surface area contributed by atoms with Crippen LogP contribution in [0, 0.1) is 5.92 Å². The first kappa shape index (κ1) is 11.4. The lowest BCUT2D eigenvalue weighted by atomic mass is 9.80. The highest BCUT2D eigenvalue weighted by Crippen LogP contribution is 2.38. The average Bonchev–Trinajstić information content (AvgIpc) is 2.59. The van der Waals surface area contributed by atoms with Gasteiger partial charge in [0.1, 0.15) is 0 Å². The third-order valence-electron chi connectivity index (χ3n) is 4.56. The second-order valence-electron chi connectivity index (χ2n) is 5.83. The summed E-state index contributed by atoms with van der Waals surface area (Å²) in [5.41, 5.74) is 6.45. The maximum absolute atomic E-state index is 6.08. The largest absolute Gasteiger partial charge is 0.329 e. The van der Waals surface area contributed by atoms with Gasteiger partial charge in [0.25, 0.3) is 0 Å². The molecule has 0 bridgehead atoms. The minimum absolute atomic E-state index is 0.364. The van der Waals surface area contributed by atoms with Crippen molar-refractivity contribution in [1.29, 1.82) is 0 Å². The number of nitrogens with two attached hydrogens (primary N) is 1. The van der Waals surface area contributed by atoms with Crippen molar-refractivity contribution in [1.82, 2.24) is 4.90 Å². The molecular weight excluding hydrogens is 184 g/mol. The third kappa shape index (κ3) is 2.07. The molecule has 2 rings (SSSR count). The lowest BCUT2D eigenvalue weighted by molar-refractivity contribution is 0.0494. The number of hydrogen-bond donors (Lipinski definition) is 1. The predicted molar refractivity (Wildman–Crippen MR) is 64.8 cm³/mol. The van der Waals surface area contributed by atoms with E-state index in [2.05, 4.69) is 18.7 Å². The molecule has 2 nitrogen and oxygen atoms in total. The van der Waals surface area contributed by atoms with Crippen LogP contribution in [0.5, 0.6) is 0 Å². The Bertz CT molecular complexity index is 209. The van der Waals surface area contributed by atoms with Crippen LogP contribution in [-0.2, 0) is 0 Å². The molecule has 2 unspecified atom stereocenters. The van der Waals surface area contributed by atoms with Gasteiger partial charge in [0.2, 0.25) is 0 Å². The molecule has 1 heterocycles. The second-order valence-corrected chi connectivity index (χ2v) is 5.83. The van der Waals surface area contributed by atoms with Gasteiger partial charge in [-0.15, -0.1) is 0 Å². The lowest BCUT2D eigenvalue weighted by Crippen LogP contribution is -2.56. The van der Waals surface area contributed by atoms with Gasteiger partial charge in [-0.25, -0.2) is 0 Å². The van der Waals surface area contributed by atoms with E-state index >= 15 is 0 Å². The molecule has 0 aromatic rings. The van der Waals surface area contributed by atoms with Gasteiger partial charge >= 0.3 is 0 Å². The predicted octanol–water partition coefficient (Wildman–Crippen LogP) is 2.38. The van der Waals surface area contributed by atoms with Gasteiger partial charge in [-0.2, -0.15) is 0 Å². The first-order valence-corrected chi connectivity index (χ1v) is 6.65. The molecule has 1 saturated carbocycles. The summed E-state index contributed by atoms with van der Waals surface area (Å²) in [5, 5.41) is 0. The Labute approximate surface area is 94.2 Å². The molecule has 0 radical (unpaired) electrons. The summed E-state index contributed by atoms with van der Waals surface area (Å²) in [4.78, 5) is 2.73. The quantitative estimate of drug-likeness (QED) is 0.758. The fourth-order valence-corrected chi connectivity index (χ4v) is 3.78. The molecule has 2 N–H and O–H groups in total. The van der Waals surface area contributed by atoms with Crippen molar-refractivity contribution in [3.8, 4) is 0 Å². The Morgan fingerprint density at radius 2 is 1.87 bits per heavy atom. The molecular formula is C13H26N2. The van der Waals surface area contributed by atoms with E-state index in [1.807, 2.05) is 0 Å². The van der Waals surface area contributed by atoms with E-state index < -0.39 is 0 Å². The highest BCUT2D eigenvalue weighted by Gasteiger charge is 2.42. The molecule has 0 amide bonds. The van der Waals surface area contributed by atoms with Crippen LogP contribution in [-0.4, -0.2) is 29.6 Å². The molecule has 1 saturated heterocycles. The van der Waals surface area contributed by atoms with Gasteiger partial charge in [-0.3, -0.25) is 4.90 Å². The van der Waals surface area contributed by atoms with Crippen LogP contribution >= 0.6 is 0 Å². The molecule has 2 aliphatic rings. The summed E-state index contributed by atoms with van der Waals surface area (Å²) in [6.07, 6.45) is 8.21. The van der Waals surface area contributed by atoms with E-state index in [4.69, 9.17) is 5.73 Å². The van der Waals surface area contributed by atoms with Gasteiger partial charge in [-0.05, 0) is 32.1 Å². The summed E-state index contributed by atoms with van der Waals surface area (Å²) in [7, 11) is 0. The Morgan fingerprint density at radius 1 is 1.20 bits per heavy atom. The highest BCUT2D eigenvalue weighted by molar-refractivity contribution is 4.99. The second kappa shape index (κ2) is 4.42. The van der Waals surface area contributed by atoms with Gasteiger partial charge < -0.3 is 5.73 Å². The van der Waals surface area contributed by atoms with Gasteiger partial charge in [0.15, 0.2) is 0 Å². The van der Waals surface area contributed by atoms with Crippen molar-refractivity contribution in [3.05, 3.63) is 0 Å². The van der Waals surface area contributed by atoms with Crippen LogP contribution in [0.4, 0.5) is 0 Å². The molecule has 2 atom stereocenters. The van der Waals surface area contributed by atoms with Crippen LogP contribution in [0.15, 0.2) is 0 Å². The Balaban J connectivity index is 2.10. The van der Waals surface area contributed by atoms with E-state index in [0.29, 0.717) is 5.54 Å². The first-order valence-electron chi connectivity index (χ1n) is 6.65. The molecule has 2 heteroatoms. The van der Waals surface area contributed by atoms with Crippen molar-refractivity contribution in [3.63, 3.8) is 0 Å². The van der Waals surface area contributed by atoms with Gasteiger partial charge in [0.05, 0.1) is 0 Å². The third-order valence-corrected chi connectivity index (χ3v) is 4.56. The Hall–Kier alpha value is -0.0800. The minimum atomic E-state index is 0.364. The maximum Gasteiger partial charge on any atom is 0.0334 e. The summed E-state index contributed by atoms with van der Waals surface area (Å²) in [5.74, 6) is 0.866. The van der Waals surface area contributed by atoms with Gasteiger partial charge in [-0.1, -0.05) is 26.2 Å². The summed E-state index contributed by atoms with van der Waals surface area (Å²) < 4.78 is 0. The zero-order chi connectivity index (χ0) is 10.9. The summed E-state index contributed by atoms with van der Waals surface area (Å²) in [6, 6.07) is 0.752. The average molecular weight is 210 g/mol. The van der Waals surface area contributed by atoms with E-state index in [1.54, 1.807) is 0 Å². The normalized spacial score (nSPS) is 37.0. The number of likely N-dealkylation sites (tertiary alicyclic amines) is 1. The molecule has 1 aliphatic heterocycles. The van der Waals surface area contributed by atoms with E-state index in [9.17, 15) is 0 Å². The van der Waals surface area contributed by atoms with E-state index in [0.717, 1.165) is 18.5 Å². The van der Waals surface area contributed by atoms with Crippen LogP contribution in [0.25, 0.3) is 0 Å². The molecule has 15 heavy (non-hydrogen) atoms. The standard InChI is InChI=1S/C13H26N2/c1-11-8-12(2)15(9-11)13(10-14)6-4-3-5-7-13/h11-12H,3-10,14H2,1-2H3. The molecule has 0 aromatic carbocycles. The maximum atomic E-state index is 6.08. The Morgan fingerprint density at radius 3 is 2.33 bits per heavy atom. The Kier molecular flexibility index (Phi) is 3.36. The lowest BCUT2D eigenvalue weighted by Gasteiger charge is -2.46. The fraction of sp³-hybridized carbons (Fsp3) is 1.00. The summed E-state index contributed by atoms with van der Waals surface area (Å²) in [6.45, 7) is 6.90. The first-order chi connectivity index (χ1) is 7.18. The van der Waals surface area contributed by atoms with Crippen LogP contribution in [0.3, 0.4) is 0 Å². The molecule has 2 fully saturated rings. The zero-order valence-electron chi connectivity index (χ0n) is 10.3. The van der Waals surface area contributed by atoms with Gasteiger partial charge in [0, 0.05) is 24.7 Å². The van der Waals surface area contributed by atoms with E-state index in [-0.39, 0.29) is 0 Å². The number of rotatable bonds is 2. The van der Waals surface area contributed by atoms with E-state index in [1.165, 1.54) is 45.1 Å². The highest BCUT2D eigenvalue weighted by atomic mass is 15.3. The summed E-state index contributed by atoms with van der Waals surface area (Å²) >= 11 is 0. The van der Waals surface area contributed by atoms with Crippen LogP contribution in [0.2, 0.25) is 0 Å². The molecule has 1 aliphatic carbocycles. The minimum Gasteiger partial charge on any atom is -0.329 e. The van der Waals surface area contributed by atoms with Crippen LogP contribution in [0.1, 0.15) is 52.4 Å². The fourth-order valence-electron chi connectivity index (χ4n) is 3.78. The topological polar surface area (TPSA) is 29.3 Å². The zero-order valence-corrected chi connectivity index (χ0v) is 10.3. The number of nitrogens with zero attached hydrogens (tertiary/aromatic N) is 1. The SMILES string of the molecule is CC1CC(C)N(C2(CN)CCCCC2)C1. The van der Waals surface area contributed by atoms with Crippen molar-refractivity contribution in [2.45, 2.75) is 64.0 Å². The molecule has 0 spiro atoms. The monoisotopic (exact) mass is 210 g/mol. The number of hydrogen-bond acceptors (Lipinski definition) is 2. The molecule has 0 aromatic heterocycles.